The van der Waals surface area contributed by atoms with Crippen molar-refractivity contribution < 1.29 is 12.8 Å². The molecule has 1 fully saturated rings. The van der Waals surface area contributed by atoms with Crippen LogP contribution in [0, 0.1) is 5.82 Å². The molecule has 5 nitrogen and oxygen atoms in total. The number of sulfonamides is 1. The number of halogens is 1. The number of hydrogen-bond donors (Lipinski definition) is 1. The maximum Gasteiger partial charge on any atom is 0.246 e. The molecule has 2 heterocycles. The van der Waals surface area contributed by atoms with Gasteiger partial charge in [0, 0.05) is 12.7 Å². The van der Waals surface area contributed by atoms with Crippen molar-refractivity contribution in [2.45, 2.75) is 23.9 Å². The SMILES string of the molecule is N[C@H]1CCCN1S(=O)(=O)c1cncc(F)c1. The highest BCUT2D eigenvalue weighted by Crippen LogP contribution is 2.23. The Bertz CT molecular complexity index is 491. The van der Waals surface area contributed by atoms with E-state index >= 15 is 0 Å². The van der Waals surface area contributed by atoms with Crippen LogP contribution in [0.25, 0.3) is 0 Å². The number of rotatable bonds is 2. The summed E-state index contributed by atoms with van der Waals surface area (Å²) in [5, 5.41) is 0. The van der Waals surface area contributed by atoms with Crippen molar-refractivity contribution in [1.82, 2.24) is 9.29 Å². The van der Waals surface area contributed by atoms with Gasteiger partial charge in [-0.05, 0) is 18.9 Å². The second-order valence-electron chi connectivity index (χ2n) is 3.66. The molecule has 0 radical (unpaired) electrons. The Morgan fingerprint density at radius 3 is 2.81 bits per heavy atom. The number of nitrogens with two attached hydrogens (primary N) is 1. The molecule has 7 heteroatoms. The summed E-state index contributed by atoms with van der Waals surface area (Å²) >= 11 is 0. The van der Waals surface area contributed by atoms with Crippen molar-refractivity contribution in [2.24, 2.45) is 5.73 Å². The van der Waals surface area contributed by atoms with Crippen molar-refractivity contribution >= 4 is 10.0 Å². The van der Waals surface area contributed by atoms with Crippen LogP contribution in [0.5, 0.6) is 0 Å². The number of hydrogen-bond acceptors (Lipinski definition) is 4. The first-order valence-electron chi connectivity index (χ1n) is 4.90. The predicted octanol–water partition coefficient (Wildman–Crippen LogP) is 0.290. The fourth-order valence-electron chi connectivity index (χ4n) is 1.73. The van der Waals surface area contributed by atoms with Crippen LogP contribution < -0.4 is 5.73 Å². The molecule has 0 aromatic carbocycles. The van der Waals surface area contributed by atoms with E-state index in [9.17, 15) is 12.8 Å². The van der Waals surface area contributed by atoms with E-state index in [1.54, 1.807) is 0 Å². The molecule has 0 spiro atoms. The second kappa shape index (κ2) is 4.08. The maximum atomic E-state index is 12.9. The molecular weight excluding hydrogens is 233 g/mol. The topological polar surface area (TPSA) is 76.3 Å². The average molecular weight is 245 g/mol. The van der Waals surface area contributed by atoms with E-state index in [1.165, 1.54) is 4.31 Å². The molecule has 0 saturated carbocycles. The van der Waals surface area contributed by atoms with Crippen LogP contribution in [-0.4, -0.2) is 30.4 Å². The summed E-state index contributed by atoms with van der Waals surface area (Å²) in [6.45, 7) is 0.375. The first-order chi connectivity index (χ1) is 7.51. The van der Waals surface area contributed by atoms with Gasteiger partial charge in [0.15, 0.2) is 0 Å². The van der Waals surface area contributed by atoms with E-state index in [2.05, 4.69) is 4.98 Å². The molecule has 1 aromatic heterocycles. The van der Waals surface area contributed by atoms with Gasteiger partial charge in [-0.1, -0.05) is 0 Å². The molecular formula is C9H12FN3O2S. The molecule has 1 aliphatic heterocycles. The Labute approximate surface area is 93.1 Å². The van der Waals surface area contributed by atoms with E-state index in [4.69, 9.17) is 5.73 Å². The van der Waals surface area contributed by atoms with Crippen molar-refractivity contribution in [1.29, 1.82) is 0 Å². The molecule has 0 aliphatic carbocycles. The van der Waals surface area contributed by atoms with Gasteiger partial charge < -0.3 is 5.73 Å². The van der Waals surface area contributed by atoms with Crippen molar-refractivity contribution in [3.63, 3.8) is 0 Å². The van der Waals surface area contributed by atoms with Gasteiger partial charge in [-0.15, -0.1) is 0 Å². The average Bonchev–Trinajstić information content (AvgIpc) is 2.65. The molecule has 2 rings (SSSR count). The Hall–Kier alpha value is -1.05. The van der Waals surface area contributed by atoms with E-state index in [-0.39, 0.29) is 4.90 Å². The van der Waals surface area contributed by atoms with Crippen molar-refractivity contribution in [3.05, 3.63) is 24.3 Å². The summed E-state index contributed by atoms with van der Waals surface area (Å²) in [4.78, 5) is 3.38. The lowest BCUT2D eigenvalue weighted by Crippen LogP contribution is -2.40. The predicted molar refractivity (Wildman–Crippen MR) is 55.3 cm³/mol. The minimum Gasteiger partial charge on any atom is -0.315 e. The zero-order valence-electron chi connectivity index (χ0n) is 8.51. The first kappa shape index (κ1) is 11.4. The van der Waals surface area contributed by atoms with E-state index < -0.39 is 22.0 Å². The molecule has 0 amide bonds. The van der Waals surface area contributed by atoms with Crippen LogP contribution in [0.1, 0.15) is 12.8 Å². The number of aromatic nitrogens is 1. The summed E-state index contributed by atoms with van der Waals surface area (Å²) in [5.41, 5.74) is 5.67. The van der Waals surface area contributed by atoms with Gasteiger partial charge in [0.2, 0.25) is 10.0 Å². The summed E-state index contributed by atoms with van der Waals surface area (Å²) < 4.78 is 38.2. The van der Waals surface area contributed by atoms with Crippen molar-refractivity contribution in [3.8, 4) is 0 Å². The lowest BCUT2D eigenvalue weighted by molar-refractivity contribution is 0.395. The van der Waals surface area contributed by atoms with Crippen LogP contribution in [0.2, 0.25) is 0 Å². The third-order valence-corrected chi connectivity index (χ3v) is 4.42. The molecule has 1 aliphatic rings. The Morgan fingerprint density at radius 1 is 1.50 bits per heavy atom. The van der Waals surface area contributed by atoms with E-state index in [0.717, 1.165) is 24.9 Å². The second-order valence-corrected chi connectivity index (χ2v) is 5.55. The zero-order chi connectivity index (χ0) is 11.8. The molecule has 1 aromatic rings. The highest BCUT2D eigenvalue weighted by atomic mass is 32.2. The smallest absolute Gasteiger partial charge is 0.246 e. The monoisotopic (exact) mass is 245 g/mol. The molecule has 16 heavy (non-hydrogen) atoms. The lowest BCUT2D eigenvalue weighted by Gasteiger charge is -2.20. The quantitative estimate of drug-likeness (QED) is 0.812. The lowest BCUT2D eigenvalue weighted by atomic mass is 10.3. The van der Waals surface area contributed by atoms with Crippen LogP contribution in [-0.2, 0) is 10.0 Å². The van der Waals surface area contributed by atoms with E-state index in [0.29, 0.717) is 13.0 Å². The summed E-state index contributed by atoms with van der Waals surface area (Å²) in [6, 6.07) is 0.952. The third-order valence-electron chi connectivity index (χ3n) is 2.53. The van der Waals surface area contributed by atoms with Gasteiger partial charge in [0.05, 0.1) is 12.4 Å². The van der Waals surface area contributed by atoms with Crippen molar-refractivity contribution in [2.75, 3.05) is 6.54 Å². The summed E-state index contributed by atoms with van der Waals surface area (Å²) in [5.74, 6) is -0.672. The fraction of sp³-hybridized carbons (Fsp3) is 0.444. The van der Waals surface area contributed by atoms with E-state index in [1.807, 2.05) is 0 Å². The zero-order valence-corrected chi connectivity index (χ0v) is 9.32. The molecule has 1 saturated heterocycles. The third kappa shape index (κ3) is 1.93. The van der Waals surface area contributed by atoms with Crippen LogP contribution in [0.4, 0.5) is 4.39 Å². The van der Waals surface area contributed by atoms with Gasteiger partial charge in [-0.25, -0.2) is 12.8 Å². The summed E-state index contributed by atoms with van der Waals surface area (Å²) in [7, 11) is -3.70. The first-order valence-corrected chi connectivity index (χ1v) is 6.34. The summed E-state index contributed by atoms with van der Waals surface area (Å²) in [6.07, 6.45) is 2.92. The fourth-order valence-corrected chi connectivity index (χ4v) is 3.29. The van der Waals surface area contributed by atoms with Gasteiger partial charge >= 0.3 is 0 Å². The normalized spacial score (nSPS) is 22.5. The molecule has 2 N–H and O–H groups in total. The largest absolute Gasteiger partial charge is 0.315 e. The Morgan fingerprint density at radius 2 is 2.25 bits per heavy atom. The molecule has 1 atom stereocenters. The highest BCUT2D eigenvalue weighted by Gasteiger charge is 2.33. The van der Waals surface area contributed by atoms with Crippen LogP contribution in [0.3, 0.4) is 0 Å². The van der Waals surface area contributed by atoms with Gasteiger partial charge in [-0.3, -0.25) is 4.98 Å². The van der Waals surface area contributed by atoms with Gasteiger partial charge in [0.1, 0.15) is 10.7 Å². The molecule has 88 valence electrons. The van der Waals surface area contributed by atoms with Gasteiger partial charge in [0.25, 0.3) is 0 Å². The van der Waals surface area contributed by atoms with Crippen LogP contribution in [0.15, 0.2) is 23.4 Å². The number of pyridine rings is 1. The molecule has 0 bridgehead atoms. The van der Waals surface area contributed by atoms with Crippen LogP contribution >= 0.6 is 0 Å². The Balaban J connectivity index is 2.39. The number of nitrogens with zero attached hydrogens (tertiary/aromatic N) is 2. The minimum absolute atomic E-state index is 0.148. The standard InChI is InChI=1S/C9H12FN3O2S/c10-7-4-8(6-12-5-7)16(14,15)13-3-1-2-9(13)11/h4-6,9H,1-3,11H2/t9-/m1/s1. The Kier molecular flexibility index (Phi) is 2.92. The highest BCUT2D eigenvalue weighted by molar-refractivity contribution is 7.89. The maximum absolute atomic E-state index is 12.9. The molecule has 0 unspecified atom stereocenters. The minimum atomic E-state index is -3.70. The van der Waals surface area contributed by atoms with Gasteiger partial charge in [-0.2, -0.15) is 4.31 Å².